The van der Waals surface area contributed by atoms with E-state index in [9.17, 15) is 4.79 Å². The summed E-state index contributed by atoms with van der Waals surface area (Å²) in [7, 11) is 0. The average molecular weight is 303 g/mol. The quantitative estimate of drug-likeness (QED) is 0.790. The Labute approximate surface area is 104 Å². The lowest BCUT2D eigenvalue weighted by atomic mass is 10.1. The molecule has 0 aliphatic carbocycles. The van der Waals surface area contributed by atoms with Crippen molar-refractivity contribution in [3.05, 3.63) is 49.8 Å². The van der Waals surface area contributed by atoms with E-state index in [2.05, 4.69) is 20.9 Å². The molecule has 5 heteroatoms. The zero-order chi connectivity index (χ0) is 10.8. The first kappa shape index (κ1) is 10.8. The summed E-state index contributed by atoms with van der Waals surface area (Å²) in [6, 6.07) is 5.10. The first-order valence-electron chi connectivity index (χ1n) is 4.06. The number of carbonyl (C=O) groups excluding carboxylic acids is 1. The Morgan fingerprint density at radius 2 is 2.27 bits per heavy atom. The number of rotatable bonds is 2. The van der Waals surface area contributed by atoms with E-state index in [-0.39, 0.29) is 5.78 Å². The summed E-state index contributed by atoms with van der Waals surface area (Å²) in [5.41, 5.74) is 2.64. The van der Waals surface area contributed by atoms with Crippen molar-refractivity contribution in [1.29, 1.82) is 0 Å². The molecule has 15 heavy (non-hydrogen) atoms. The van der Waals surface area contributed by atoms with Crippen LogP contribution in [0.2, 0.25) is 5.02 Å². The number of ketones is 1. The van der Waals surface area contributed by atoms with Gasteiger partial charge in [-0.25, -0.2) is 4.98 Å². The molecule has 0 radical (unpaired) electrons. The molecular formula is C10H5BrClNOS. The molecule has 1 aromatic carbocycles. The fourth-order valence-corrected chi connectivity index (χ4v) is 2.07. The Hall–Kier alpha value is -0.710. The van der Waals surface area contributed by atoms with Crippen molar-refractivity contribution >= 4 is 44.7 Å². The van der Waals surface area contributed by atoms with Crippen LogP contribution < -0.4 is 0 Å². The monoisotopic (exact) mass is 301 g/mol. The number of carbonyl (C=O) groups is 1. The standard InChI is InChI=1S/C10H5BrClNOS/c11-7-2-1-6(3-8(7)12)10(14)9-4-15-5-13-9/h1-5H. The van der Waals surface area contributed by atoms with E-state index in [0.29, 0.717) is 16.3 Å². The SMILES string of the molecule is O=C(c1ccc(Br)c(Cl)c1)c1cscn1. The van der Waals surface area contributed by atoms with Crippen LogP contribution in [0.5, 0.6) is 0 Å². The number of hydrogen-bond acceptors (Lipinski definition) is 3. The maximum Gasteiger partial charge on any atom is 0.212 e. The van der Waals surface area contributed by atoms with E-state index in [0.717, 1.165) is 4.47 Å². The van der Waals surface area contributed by atoms with Crippen molar-refractivity contribution in [1.82, 2.24) is 4.98 Å². The van der Waals surface area contributed by atoms with Crippen LogP contribution in [0.4, 0.5) is 0 Å². The fourth-order valence-electron chi connectivity index (χ4n) is 1.11. The lowest BCUT2D eigenvalue weighted by Gasteiger charge is -2.00. The molecule has 76 valence electrons. The first-order valence-corrected chi connectivity index (χ1v) is 6.18. The van der Waals surface area contributed by atoms with Gasteiger partial charge >= 0.3 is 0 Å². The van der Waals surface area contributed by atoms with Crippen molar-refractivity contribution in [2.75, 3.05) is 0 Å². The smallest absolute Gasteiger partial charge is 0.212 e. The second-order valence-corrected chi connectivity index (χ2v) is 4.81. The molecule has 0 atom stereocenters. The zero-order valence-electron chi connectivity index (χ0n) is 7.41. The van der Waals surface area contributed by atoms with Gasteiger partial charge < -0.3 is 0 Å². The minimum atomic E-state index is -0.106. The lowest BCUT2D eigenvalue weighted by molar-refractivity contribution is 0.103. The normalized spacial score (nSPS) is 10.3. The van der Waals surface area contributed by atoms with Crippen molar-refractivity contribution in [3.8, 4) is 0 Å². The van der Waals surface area contributed by atoms with Crippen LogP contribution >= 0.6 is 38.9 Å². The van der Waals surface area contributed by atoms with Gasteiger partial charge in [-0.1, -0.05) is 11.6 Å². The fraction of sp³-hybridized carbons (Fsp3) is 0. The first-order chi connectivity index (χ1) is 7.18. The molecule has 0 spiro atoms. The molecule has 0 unspecified atom stereocenters. The van der Waals surface area contributed by atoms with E-state index in [1.807, 2.05) is 0 Å². The van der Waals surface area contributed by atoms with Gasteiger partial charge in [0.05, 0.1) is 10.5 Å². The molecule has 2 rings (SSSR count). The molecule has 0 N–H and O–H groups in total. The van der Waals surface area contributed by atoms with Gasteiger partial charge in [-0.2, -0.15) is 0 Å². The van der Waals surface area contributed by atoms with Crippen LogP contribution in [0.1, 0.15) is 16.1 Å². The predicted molar refractivity (Wildman–Crippen MR) is 64.7 cm³/mol. The number of hydrogen-bond donors (Lipinski definition) is 0. The molecule has 0 aliphatic rings. The molecule has 0 fully saturated rings. The highest BCUT2D eigenvalue weighted by molar-refractivity contribution is 9.10. The lowest BCUT2D eigenvalue weighted by Crippen LogP contribution is -2.01. The topological polar surface area (TPSA) is 30.0 Å². The van der Waals surface area contributed by atoms with Gasteiger partial charge in [0, 0.05) is 15.4 Å². The number of thiazole rings is 1. The highest BCUT2D eigenvalue weighted by atomic mass is 79.9. The summed E-state index contributed by atoms with van der Waals surface area (Å²) in [6.07, 6.45) is 0. The summed E-state index contributed by atoms with van der Waals surface area (Å²) in [5.74, 6) is -0.106. The van der Waals surface area contributed by atoms with Crippen molar-refractivity contribution in [2.24, 2.45) is 0 Å². The van der Waals surface area contributed by atoms with Crippen LogP contribution in [-0.2, 0) is 0 Å². The Bertz CT molecular complexity index is 498. The summed E-state index contributed by atoms with van der Waals surface area (Å²) in [6.45, 7) is 0. The van der Waals surface area contributed by atoms with Gasteiger partial charge in [-0.3, -0.25) is 4.79 Å². The summed E-state index contributed by atoms with van der Waals surface area (Å²) >= 11 is 10.6. The molecule has 0 saturated heterocycles. The van der Waals surface area contributed by atoms with E-state index in [1.54, 1.807) is 29.1 Å². The van der Waals surface area contributed by atoms with Crippen molar-refractivity contribution in [3.63, 3.8) is 0 Å². The molecular weight excluding hydrogens is 298 g/mol. The van der Waals surface area contributed by atoms with Gasteiger partial charge in [0.1, 0.15) is 5.69 Å². The Morgan fingerprint density at radius 1 is 1.47 bits per heavy atom. The number of aromatic nitrogens is 1. The molecule has 0 saturated carbocycles. The maximum absolute atomic E-state index is 11.8. The summed E-state index contributed by atoms with van der Waals surface area (Å²) in [4.78, 5) is 15.8. The van der Waals surface area contributed by atoms with Gasteiger partial charge in [-0.15, -0.1) is 11.3 Å². The third kappa shape index (κ3) is 2.27. The van der Waals surface area contributed by atoms with Crippen LogP contribution in [0.3, 0.4) is 0 Å². The molecule has 0 amide bonds. The highest BCUT2D eigenvalue weighted by Crippen LogP contribution is 2.24. The predicted octanol–water partition coefficient (Wildman–Crippen LogP) is 3.79. The van der Waals surface area contributed by atoms with Gasteiger partial charge in [-0.05, 0) is 34.1 Å². The summed E-state index contributed by atoms with van der Waals surface area (Å²) in [5, 5.41) is 2.24. The Kier molecular flexibility index (Phi) is 3.19. The Balaban J connectivity index is 2.39. The molecule has 2 aromatic rings. The molecule has 1 heterocycles. The van der Waals surface area contributed by atoms with E-state index >= 15 is 0 Å². The number of nitrogens with zero attached hydrogens (tertiary/aromatic N) is 1. The third-order valence-corrected chi connectivity index (χ3v) is 3.67. The van der Waals surface area contributed by atoms with Crippen LogP contribution in [-0.4, -0.2) is 10.8 Å². The molecule has 0 aliphatic heterocycles. The molecule has 2 nitrogen and oxygen atoms in total. The summed E-state index contributed by atoms with van der Waals surface area (Å²) < 4.78 is 0.777. The third-order valence-electron chi connectivity index (χ3n) is 1.85. The van der Waals surface area contributed by atoms with Crippen molar-refractivity contribution < 1.29 is 4.79 Å². The number of halogens is 2. The molecule has 0 bridgehead atoms. The van der Waals surface area contributed by atoms with Crippen LogP contribution in [0, 0.1) is 0 Å². The second kappa shape index (κ2) is 4.43. The Morgan fingerprint density at radius 3 is 2.87 bits per heavy atom. The minimum absolute atomic E-state index is 0.106. The van der Waals surface area contributed by atoms with Gasteiger partial charge in [0.15, 0.2) is 0 Å². The van der Waals surface area contributed by atoms with Crippen molar-refractivity contribution in [2.45, 2.75) is 0 Å². The van der Waals surface area contributed by atoms with Gasteiger partial charge in [0.25, 0.3) is 0 Å². The largest absolute Gasteiger partial charge is 0.287 e. The van der Waals surface area contributed by atoms with Crippen LogP contribution in [0.15, 0.2) is 33.6 Å². The van der Waals surface area contributed by atoms with E-state index < -0.39 is 0 Å². The van der Waals surface area contributed by atoms with E-state index in [4.69, 9.17) is 11.6 Å². The molecule has 1 aromatic heterocycles. The minimum Gasteiger partial charge on any atom is -0.287 e. The average Bonchev–Trinajstić information content (AvgIpc) is 2.74. The maximum atomic E-state index is 11.8. The zero-order valence-corrected chi connectivity index (χ0v) is 10.6. The van der Waals surface area contributed by atoms with Crippen LogP contribution in [0.25, 0.3) is 0 Å². The van der Waals surface area contributed by atoms with Gasteiger partial charge in [0.2, 0.25) is 5.78 Å². The number of benzene rings is 1. The highest BCUT2D eigenvalue weighted by Gasteiger charge is 2.11. The van der Waals surface area contributed by atoms with E-state index in [1.165, 1.54) is 11.3 Å². The second-order valence-electron chi connectivity index (χ2n) is 2.83.